The van der Waals surface area contributed by atoms with E-state index in [1.54, 1.807) is 0 Å². The molecule has 1 unspecified atom stereocenters. The molecular formula is C22H23N. The largest absolute Gasteiger partial charge is 0.360 e. The zero-order valence-corrected chi connectivity index (χ0v) is 14.0. The predicted molar refractivity (Wildman–Crippen MR) is 96.9 cm³/mol. The van der Waals surface area contributed by atoms with Gasteiger partial charge in [0, 0.05) is 6.20 Å². The van der Waals surface area contributed by atoms with E-state index in [9.17, 15) is 0 Å². The highest BCUT2D eigenvalue weighted by Crippen LogP contribution is 2.46. The Hall–Kier alpha value is -2.28. The van der Waals surface area contributed by atoms with Crippen molar-refractivity contribution in [2.45, 2.75) is 32.9 Å². The van der Waals surface area contributed by atoms with E-state index in [2.05, 4.69) is 92.6 Å². The van der Waals surface area contributed by atoms with E-state index in [4.69, 9.17) is 0 Å². The van der Waals surface area contributed by atoms with Crippen molar-refractivity contribution < 1.29 is 0 Å². The van der Waals surface area contributed by atoms with Crippen LogP contribution in [0.1, 0.15) is 44.0 Å². The van der Waals surface area contributed by atoms with Crippen LogP contribution in [0.3, 0.4) is 0 Å². The highest BCUT2D eigenvalue weighted by atomic mass is 15.2. The minimum atomic E-state index is 0.381. The van der Waals surface area contributed by atoms with Gasteiger partial charge in [-0.05, 0) is 46.7 Å². The van der Waals surface area contributed by atoms with E-state index in [0.717, 1.165) is 0 Å². The van der Waals surface area contributed by atoms with Gasteiger partial charge in [0.25, 0.3) is 0 Å². The molecule has 2 aliphatic rings. The summed E-state index contributed by atoms with van der Waals surface area (Å²) in [6.07, 6.45) is 7.04. The Kier molecular flexibility index (Phi) is 3.37. The van der Waals surface area contributed by atoms with Crippen LogP contribution in [-0.4, -0.2) is 4.90 Å². The Morgan fingerprint density at radius 2 is 1.70 bits per heavy atom. The van der Waals surface area contributed by atoms with Crippen molar-refractivity contribution in [3.05, 3.63) is 83.6 Å². The van der Waals surface area contributed by atoms with Crippen LogP contribution in [0.4, 0.5) is 0 Å². The molecule has 1 nitrogen and oxygen atoms in total. The number of hydrogen-bond acceptors (Lipinski definition) is 1. The third kappa shape index (κ3) is 2.31. The van der Waals surface area contributed by atoms with Gasteiger partial charge in [0.05, 0.1) is 12.1 Å². The number of rotatable bonds is 2. The number of allylic oxidation sites excluding steroid dienone is 2. The first-order valence-corrected chi connectivity index (χ1v) is 8.52. The fourth-order valence-electron chi connectivity index (χ4n) is 3.74. The molecule has 2 aromatic carbocycles. The van der Waals surface area contributed by atoms with Gasteiger partial charge in [-0.3, -0.25) is 0 Å². The van der Waals surface area contributed by atoms with Crippen molar-refractivity contribution in [1.82, 2.24) is 4.90 Å². The van der Waals surface area contributed by atoms with Gasteiger partial charge in [-0.1, -0.05) is 68.5 Å². The molecule has 0 radical (unpaired) electrons. The highest BCUT2D eigenvalue weighted by molar-refractivity contribution is 5.66. The second-order valence-electron chi connectivity index (χ2n) is 6.92. The van der Waals surface area contributed by atoms with E-state index in [1.807, 2.05) is 0 Å². The van der Waals surface area contributed by atoms with Crippen molar-refractivity contribution >= 4 is 0 Å². The lowest BCUT2D eigenvalue weighted by Gasteiger charge is -2.30. The Morgan fingerprint density at radius 1 is 0.913 bits per heavy atom. The number of fused-ring (bicyclic) bond motifs is 3. The average Bonchev–Trinajstić information content (AvgIpc) is 2.87. The summed E-state index contributed by atoms with van der Waals surface area (Å²) >= 11 is 0. The third-order valence-electron chi connectivity index (χ3n) is 5.17. The van der Waals surface area contributed by atoms with Crippen LogP contribution in [0.5, 0.6) is 0 Å². The van der Waals surface area contributed by atoms with Crippen LogP contribution >= 0.6 is 0 Å². The van der Waals surface area contributed by atoms with Gasteiger partial charge in [0.2, 0.25) is 0 Å². The molecule has 0 fully saturated rings. The van der Waals surface area contributed by atoms with Gasteiger partial charge in [-0.15, -0.1) is 0 Å². The Balaban J connectivity index is 1.76. The van der Waals surface area contributed by atoms with Gasteiger partial charge in [0.1, 0.15) is 0 Å². The fourth-order valence-corrected chi connectivity index (χ4v) is 3.74. The molecule has 0 aromatic heterocycles. The van der Waals surface area contributed by atoms with Crippen molar-refractivity contribution in [2.24, 2.45) is 5.92 Å². The summed E-state index contributed by atoms with van der Waals surface area (Å²) in [6.45, 7) is 6.84. The summed E-state index contributed by atoms with van der Waals surface area (Å²) < 4.78 is 0. The van der Waals surface area contributed by atoms with E-state index < -0.39 is 0 Å². The Bertz CT molecular complexity index is 783. The van der Waals surface area contributed by atoms with Crippen molar-refractivity contribution in [3.8, 4) is 11.1 Å². The normalized spacial score (nSPS) is 22.1. The number of benzene rings is 2. The van der Waals surface area contributed by atoms with Crippen LogP contribution in [0, 0.1) is 5.92 Å². The maximum absolute atomic E-state index is 2.51. The highest BCUT2D eigenvalue weighted by Gasteiger charge is 2.34. The maximum atomic E-state index is 2.51. The molecular weight excluding hydrogens is 278 g/mol. The van der Waals surface area contributed by atoms with E-state index >= 15 is 0 Å². The molecule has 0 spiro atoms. The van der Waals surface area contributed by atoms with Crippen LogP contribution in [0.25, 0.3) is 11.1 Å². The molecule has 2 aliphatic heterocycles. The zero-order valence-electron chi connectivity index (χ0n) is 14.0. The molecule has 1 heteroatoms. The molecule has 0 bridgehead atoms. The van der Waals surface area contributed by atoms with E-state index in [0.29, 0.717) is 18.0 Å². The van der Waals surface area contributed by atoms with Crippen molar-refractivity contribution in [1.29, 1.82) is 0 Å². The first-order valence-electron chi connectivity index (χ1n) is 8.52. The second kappa shape index (κ2) is 5.42. The molecule has 0 saturated carbocycles. The van der Waals surface area contributed by atoms with Crippen LogP contribution in [-0.2, 0) is 0 Å². The number of nitrogens with zero attached hydrogens (tertiary/aromatic N) is 1. The molecule has 23 heavy (non-hydrogen) atoms. The quantitative estimate of drug-likeness (QED) is 0.669. The fraction of sp³-hybridized carbons (Fsp3) is 0.273. The van der Waals surface area contributed by atoms with Crippen LogP contribution in [0.2, 0.25) is 0 Å². The third-order valence-corrected chi connectivity index (χ3v) is 5.17. The Labute approximate surface area is 139 Å². The molecule has 2 aromatic rings. The van der Waals surface area contributed by atoms with Gasteiger partial charge >= 0.3 is 0 Å². The lowest BCUT2D eigenvalue weighted by Crippen LogP contribution is -2.21. The Morgan fingerprint density at radius 3 is 2.43 bits per heavy atom. The summed E-state index contributed by atoms with van der Waals surface area (Å²) in [5.74, 6) is 0.572. The first kappa shape index (κ1) is 14.3. The average molecular weight is 301 g/mol. The molecule has 2 atom stereocenters. The van der Waals surface area contributed by atoms with E-state index in [1.165, 1.54) is 27.8 Å². The first-order chi connectivity index (χ1) is 11.1. The van der Waals surface area contributed by atoms with Gasteiger partial charge in [0.15, 0.2) is 0 Å². The SMILES string of the molecule is CC(C)C1=CN2C(C=C1)c1cc(-c3ccccc3)ccc1[C@H]2C. The zero-order chi connectivity index (χ0) is 16.0. The van der Waals surface area contributed by atoms with Crippen LogP contribution < -0.4 is 0 Å². The minimum Gasteiger partial charge on any atom is -0.360 e. The molecule has 0 saturated heterocycles. The lowest BCUT2D eigenvalue weighted by atomic mass is 9.94. The summed E-state index contributed by atoms with van der Waals surface area (Å²) in [5.41, 5.74) is 6.93. The molecule has 0 aliphatic carbocycles. The van der Waals surface area contributed by atoms with Crippen LogP contribution in [0.15, 0.2) is 72.5 Å². The van der Waals surface area contributed by atoms with Gasteiger partial charge < -0.3 is 4.90 Å². The van der Waals surface area contributed by atoms with Gasteiger partial charge in [-0.25, -0.2) is 0 Å². The molecule has 4 rings (SSSR count). The maximum Gasteiger partial charge on any atom is 0.0734 e. The molecule has 116 valence electrons. The lowest BCUT2D eigenvalue weighted by molar-refractivity contribution is 0.282. The number of hydrogen-bond donors (Lipinski definition) is 0. The van der Waals surface area contributed by atoms with Crippen molar-refractivity contribution in [3.63, 3.8) is 0 Å². The summed E-state index contributed by atoms with van der Waals surface area (Å²) in [6, 6.07) is 18.4. The molecule has 0 N–H and O–H groups in total. The summed E-state index contributed by atoms with van der Waals surface area (Å²) in [7, 11) is 0. The predicted octanol–water partition coefficient (Wildman–Crippen LogP) is 5.88. The topological polar surface area (TPSA) is 3.24 Å². The van der Waals surface area contributed by atoms with Crippen molar-refractivity contribution in [2.75, 3.05) is 0 Å². The second-order valence-corrected chi connectivity index (χ2v) is 6.92. The molecule has 0 amide bonds. The summed E-state index contributed by atoms with van der Waals surface area (Å²) in [5, 5.41) is 0. The smallest absolute Gasteiger partial charge is 0.0734 e. The summed E-state index contributed by atoms with van der Waals surface area (Å²) in [4.78, 5) is 2.51. The standard InChI is InChI=1S/C22H23N/c1-15(2)19-10-12-22-21-13-18(17-7-5-4-6-8-17)9-11-20(21)16(3)23(22)14-19/h4-16,22H,1-3H3/t16-,22?/m1/s1. The molecule has 2 heterocycles. The van der Waals surface area contributed by atoms with E-state index in [-0.39, 0.29) is 0 Å². The monoisotopic (exact) mass is 301 g/mol. The minimum absolute atomic E-state index is 0.381. The van der Waals surface area contributed by atoms with Gasteiger partial charge in [-0.2, -0.15) is 0 Å².